The Balaban J connectivity index is 1.65. The second-order valence-electron chi connectivity index (χ2n) is 6.84. The summed E-state index contributed by atoms with van der Waals surface area (Å²) in [7, 11) is 1.63. The fourth-order valence-electron chi connectivity index (χ4n) is 3.24. The van der Waals surface area contributed by atoms with E-state index >= 15 is 0 Å². The van der Waals surface area contributed by atoms with Crippen molar-refractivity contribution in [1.29, 1.82) is 0 Å². The van der Waals surface area contributed by atoms with Crippen LogP contribution in [0.4, 0.5) is 5.82 Å². The van der Waals surface area contributed by atoms with E-state index in [4.69, 9.17) is 9.72 Å². The molecule has 0 unspecified atom stereocenters. The first-order valence-electron chi connectivity index (χ1n) is 9.37. The van der Waals surface area contributed by atoms with Gasteiger partial charge in [-0.15, -0.1) is 22.7 Å². The first-order valence-corrected chi connectivity index (χ1v) is 11.1. The standard InChI is InChI=1S/C22H16N4O3S2/c1-11-17(21(28)26-20(11)27)23-18-14-10-16(12-5-7-13(29-2)8-6-12)31-22(14)25-19(24-18)15-4-3-9-30-15/h3-10H,1-2H3,(H2,23,24,25,26,27,28). The molecule has 0 aliphatic carbocycles. The number of aromatic nitrogens is 2. The number of fused-ring (bicyclic) bond motifs is 1. The Kier molecular flexibility index (Phi) is 4.76. The fraction of sp³-hybridized carbons (Fsp3) is 0.0909. The van der Waals surface area contributed by atoms with Gasteiger partial charge in [0, 0.05) is 10.5 Å². The Morgan fingerprint density at radius 3 is 2.48 bits per heavy atom. The molecule has 31 heavy (non-hydrogen) atoms. The van der Waals surface area contributed by atoms with Crippen LogP contribution >= 0.6 is 22.7 Å². The molecule has 9 heteroatoms. The van der Waals surface area contributed by atoms with Gasteiger partial charge in [-0.1, -0.05) is 6.07 Å². The molecular weight excluding hydrogens is 432 g/mol. The zero-order chi connectivity index (χ0) is 21.5. The summed E-state index contributed by atoms with van der Waals surface area (Å²) < 4.78 is 5.25. The van der Waals surface area contributed by atoms with E-state index in [9.17, 15) is 9.59 Å². The number of nitrogens with zero attached hydrogens (tertiary/aromatic N) is 2. The first kappa shape index (κ1) is 19.4. The Labute approximate surface area is 185 Å². The van der Waals surface area contributed by atoms with Crippen molar-refractivity contribution in [3.8, 4) is 26.9 Å². The second kappa shape index (κ2) is 7.60. The van der Waals surface area contributed by atoms with Gasteiger partial charge in [-0.2, -0.15) is 0 Å². The maximum Gasteiger partial charge on any atom is 0.275 e. The Bertz CT molecular complexity index is 1360. The van der Waals surface area contributed by atoms with Crippen molar-refractivity contribution in [2.45, 2.75) is 6.92 Å². The van der Waals surface area contributed by atoms with E-state index in [1.54, 1.807) is 14.0 Å². The molecule has 1 aromatic carbocycles. The zero-order valence-electron chi connectivity index (χ0n) is 16.6. The van der Waals surface area contributed by atoms with Crippen LogP contribution in [0.1, 0.15) is 6.92 Å². The third-order valence-electron chi connectivity index (χ3n) is 4.92. The van der Waals surface area contributed by atoms with Crippen LogP contribution in [0, 0.1) is 0 Å². The van der Waals surface area contributed by atoms with E-state index in [1.807, 2.05) is 47.8 Å². The summed E-state index contributed by atoms with van der Waals surface area (Å²) in [5.41, 5.74) is 1.57. The quantitative estimate of drug-likeness (QED) is 0.439. The minimum atomic E-state index is -0.461. The number of carbonyl (C=O) groups excluding carboxylic acids is 2. The maximum absolute atomic E-state index is 12.2. The minimum Gasteiger partial charge on any atom is -0.497 e. The fourth-order valence-corrected chi connectivity index (χ4v) is 4.94. The largest absolute Gasteiger partial charge is 0.497 e. The van der Waals surface area contributed by atoms with E-state index in [0.717, 1.165) is 31.3 Å². The van der Waals surface area contributed by atoms with Crippen LogP contribution in [0.2, 0.25) is 0 Å². The third-order valence-corrected chi connectivity index (χ3v) is 6.87. The molecule has 7 nitrogen and oxygen atoms in total. The molecule has 0 atom stereocenters. The van der Waals surface area contributed by atoms with E-state index in [1.165, 1.54) is 22.7 Å². The lowest BCUT2D eigenvalue weighted by molar-refractivity contribution is -0.124. The lowest BCUT2D eigenvalue weighted by Crippen LogP contribution is -2.24. The molecule has 3 aromatic heterocycles. The van der Waals surface area contributed by atoms with Gasteiger partial charge >= 0.3 is 0 Å². The molecule has 2 N–H and O–H groups in total. The van der Waals surface area contributed by atoms with Gasteiger partial charge < -0.3 is 10.1 Å². The van der Waals surface area contributed by atoms with Crippen molar-refractivity contribution in [2.24, 2.45) is 0 Å². The SMILES string of the molecule is COc1ccc(-c2cc3c(NC4=C(C)C(=O)NC4=O)nc(-c4cccs4)nc3s2)cc1. The predicted molar refractivity (Wildman–Crippen MR) is 122 cm³/mol. The van der Waals surface area contributed by atoms with Crippen LogP contribution in [-0.2, 0) is 9.59 Å². The number of amides is 2. The van der Waals surface area contributed by atoms with E-state index in [-0.39, 0.29) is 5.70 Å². The highest BCUT2D eigenvalue weighted by Crippen LogP contribution is 2.38. The highest BCUT2D eigenvalue weighted by molar-refractivity contribution is 7.22. The van der Waals surface area contributed by atoms with E-state index in [0.29, 0.717) is 17.2 Å². The van der Waals surface area contributed by atoms with Crippen LogP contribution in [0.3, 0.4) is 0 Å². The summed E-state index contributed by atoms with van der Waals surface area (Å²) in [5, 5.41) is 8.13. The first-order chi connectivity index (χ1) is 15.0. The number of hydrogen-bond donors (Lipinski definition) is 2. The Hall–Kier alpha value is -3.56. The average molecular weight is 449 g/mol. The molecule has 4 heterocycles. The van der Waals surface area contributed by atoms with Gasteiger partial charge in [0.25, 0.3) is 11.8 Å². The summed E-state index contributed by atoms with van der Waals surface area (Å²) >= 11 is 3.08. The highest BCUT2D eigenvalue weighted by Gasteiger charge is 2.28. The molecule has 0 radical (unpaired) electrons. The maximum atomic E-state index is 12.2. The monoisotopic (exact) mass is 448 g/mol. The Morgan fingerprint density at radius 2 is 1.84 bits per heavy atom. The van der Waals surface area contributed by atoms with Gasteiger partial charge in [0.2, 0.25) is 0 Å². The molecule has 0 spiro atoms. The van der Waals surface area contributed by atoms with Crippen molar-refractivity contribution < 1.29 is 14.3 Å². The Morgan fingerprint density at radius 1 is 1.03 bits per heavy atom. The zero-order valence-corrected chi connectivity index (χ0v) is 18.2. The summed E-state index contributed by atoms with van der Waals surface area (Å²) in [6.45, 7) is 1.61. The predicted octanol–water partition coefficient (Wildman–Crippen LogP) is 4.44. The van der Waals surface area contributed by atoms with Gasteiger partial charge in [-0.3, -0.25) is 14.9 Å². The molecule has 1 aliphatic heterocycles. The number of benzene rings is 1. The smallest absolute Gasteiger partial charge is 0.275 e. The second-order valence-corrected chi connectivity index (χ2v) is 8.82. The van der Waals surface area contributed by atoms with Gasteiger partial charge in [0.1, 0.15) is 22.1 Å². The van der Waals surface area contributed by atoms with Crippen molar-refractivity contribution in [2.75, 3.05) is 12.4 Å². The number of nitrogens with one attached hydrogen (secondary N) is 2. The van der Waals surface area contributed by atoms with Crippen molar-refractivity contribution >= 4 is 50.5 Å². The molecule has 0 saturated heterocycles. The molecule has 0 saturated carbocycles. The number of hydrogen-bond acceptors (Lipinski definition) is 8. The van der Waals surface area contributed by atoms with E-state index < -0.39 is 11.8 Å². The summed E-state index contributed by atoms with van der Waals surface area (Å²) in [5.74, 6) is 0.976. The number of anilines is 1. The number of ether oxygens (including phenoxy) is 1. The summed E-state index contributed by atoms with van der Waals surface area (Å²) in [6, 6.07) is 13.7. The molecule has 5 rings (SSSR count). The minimum absolute atomic E-state index is 0.208. The van der Waals surface area contributed by atoms with Gasteiger partial charge in [-0.25, -0.2) is 9.97 Å². The molecular formula is C22H16N4O3S2. The average Bonchev–Trinajstić information content (AvgIpc) is 3.50. The number of rotatable bonds is 5. The lowest BCUT2D eigenvalue weighted by atomic mass is 10.1. The van der Waals surface area contributed by atoms with E-state index in [2.05, 4.69) is 15.6 Å². The topological polar surface area (TPSA) is 93.2 Å². The lowest BCUT2D eigenvalue weighted by Gasteiger charge is -2.08. The summed E-state index contributed by atoms with van der Waals surface area (Å²) in [6.07, 6.45) is 0. The molecule has 2 amide bonds. The summed E-state index contributed by atoms with van der Waals surface area (Å²) in [4.78, 5) is 36.3. The molecule has 4 aromatic rings. The number of imide groups is 1. The van der Waals surface area contributed by atoms with Gasteiger partial charge in [0.15, 0.2) is 5.82 Å². The normalized spacial score (nSPS) is 13.7. The number of methoxy groups -OCH3 is 1. The van der Waals surface area contributed by atoms with Gasteiger partial charge in [-0.05, 0) is 54.3 Å². The van der Waals surface area contributed by atoms with Crippen LogP contribution in [0.25, 0.3) is 31.4 Å². The molecule has 0 fully saturated rings. The van der Waals surface area contributed by atoms with Crippen LogP contribution in [0.5, 0.6) is 5.75 Å². The van der Waals surface area contributed by atoms with Crippen LogP contribution in [-0.4, -0.2) is 28.9 Å². The van der Waals surface area contributed by atoms with Crippen molar-refractivity contribution in [3.05, 3.63) is 59.1 Å². The van der Waals surface area contributed by atoms with Crippen LogP contribution in [0.15, 0.2) is 59.1 Å². The number of thiophene rings is 2. The van der Waals surface area contributed by atoms with Gasteiger partial charge in [0.05, 0.1) is 17.4 Å². The highest BCUT2D eigenvalue weighted by atomic mass is 32.1. The molecule has 0 bridgehead atoms. The third kappa shape index (κ3) is 3.47. The number of carbonyl (C=O) groups is 2. The molecule has 1 aliphatic rings. The van der Waals surface area contributed by atoms with Crippen molar-refractivity contribution in [3.63, 3.8) is 0 Å². The van der Waals surface area contributed by atoms with Crippen LogP contribution < -0.4 is 15.4 Å². The molecule has 154 valence electrons. The van der Waals surface area contributed by atoms with Crippen molar-refractivity contribution in [1.82, 2.24) is 15.3 Å².